The van der Waals surface area contributed by atoms with Crippen molar-refractivity contribution in [3.8, 4) is 28.9 Å². The van der Waals surface area contributed by atoms with Crippen molar-refractivity contribution in [2.75, 3.05) is 11.9 Å². The van der Waals surface area contributed by atoms with Crippen LogP contribution in [-0.2, 0) is 4.79 Å². The van der Waals surface area contributed by atoms with Crippen molar-refractivity contribution in [1.29, 1.82) is 0 Å². The number of benzene rings is 1. The van der Waals surface area contributed by atoms with E-state index in [-0.39, 0.29) is 23.9 Å². The molecule has 4 heterocycles. The maximum atomic E-state index is 13.0. The Morgan fingerprint density at radius 3 is 2.75 bits per heavy atom. The first-order valence-corrected chi connectivity index (χ1v) is 9.91. The zero-order valence-electron chi connectivity index (χ0n) is 17.3. The molecular formula is C22H19N5O5. The van der Waals surface area contributed by atoms with Crippen molar-refractivity contribution >= 4 is 11.7 Å². The maximum absolute atomic E-state index is 13.0. The van der Waals surface area contributed by atoms with Gasteiger partial charge in [-0.2, -0.15) is 9.78 Å². The van der Waals surface area contributed by atoms with E-state index in [1.54, 1.807) is 50.2 Å². The zero-order valence-corrected chi connectivity index (χ0v) is 17.3. The number of furan rings is 1. The first kappa shape index (κ1) is 19.6. The fraction of sp³-hybridized carbons (Fsp3) is 0.182. The van der Waals surface area contributed by atoms with Gasteiger partial charge in [0, 0.05) is 17.3 Å². The smallest absolute Gasteiger partial charge is 0.270 e. The van der Waals surface area contributed by atoms with Crippen LogP contribution in [-0.4, -0.2) is 38.4 Å². The van der Waals surface area contributed by atoms with Gasteiger partial charge in [0.05, 0.1) is 6.26 Å². The molecule has 4 aromatic rings. The molecule has 10 heteroatoms. The summed E-state index contributed by atoms with van der Waals surface area (Å²) in [6.45, 7) is 3.47. The summed E-state index contributed by atoms with van der Waals surface area (Å²) < 4.78 is 18.2. The summed E-state index contributed by atoms with van der Waals surface area (Å²) in [5.41, 5.74) is 1.22. The summed E-state index contributed by atoms with van der Waals surface area (Å²) in [5.74, 6) is 1.59. The quantitative estimate of drug-likeness (QED) is 0.507. The standard InChI is InChI=1S/C22H19N5O5/c1-12-13(2)23-22(25-20(12)28)27-19(10-14(26-27)15-8-5-9-30-15)24-21(29)18-11-31-16-6-3-4-7-17(16)32-18/h3-10,18H,11H2,1-2H3,(H,24,29)(H,23,25,28). The van der Waals surface area contributed by atoms with Crippen LogP contribution in [0.15, 0.2) is 57.9 Å². The fourth-order valence-electron chi connectivity index (χ4n) is 3.26. The monoisotopic (exact) mass is 433 g/mol. The molecule has 0 aliphatic carbocycles. The average molecular weight is 433 g/mol. The van der Waals surface area contributed by atoms with Crippen molar-refractivity contribution in [2.45, 2.75) is 20.0 Å². The minimum absolute atomic E-state index is 0.0563. The largest absolute Gasteiger partial charge is 0.485 e. The van der Waals surface area contributed by atoms with Gasteiger partial charge < -0.3 is 19.2 Å². The number of rotatable bonds is 4. The summed E-state index contributed by atoms with van der Waals surface area (Å²) >= 11 is 0. The normalized spacial score (nSPS) is 14.9. The molecule has 162 valence electrons. The zero-order chi connectivity index (χ0) is 22.2. The predicted octanol–water partition coefficient (Wildman–Crippen LogP) is 2.61. The number of nitrogens with zero attached hydrogens (tertiary/aromatic N) is 3. The van der Waals surface area contributed by atoms with Crippen LogP contribution in [0.5, 0.6) is 11.5 Å². The van der Waals surface area contributed by atoms with Crippen LogP contribution in [0.25, 0.3) is 17.4 Å². The molecule has 1 aromatic carbocycles. The Morgan fingerprint density at radius 1 is 1.19 bits per heavy atom. The number of H-pyrrole nitrogens is 1. The summed E-state index contributed by atoms with van der Waals surface area (Å²) in [5, 5.41) is 7.27. The van der Waals surface area contributed by atoms with Crippen LogP contribution in [0.3, 0.4) is 0 Å². The van der Waals surface area contributed by atoms with E-state index in [0.29, 0.717) is 34.2 Å². The highest BCUT2D eigenvalue weighted by molar-refractivity contribution is 5.94. The summed E-state index contributed by atoms with van der Waals surface area (Å²) in [6, 6.07) is 12.2. The Morgan fingerprint density at radius 2 is 2.00 bits per heavy atom. The fourth-order valence-corrected chi connectivity index (χ4v) is 3.26. The molecule has 0 spiro atoms. The molecule has 1 atom stereocenters. The molecule has 0 saturated carbocycles. The molecule has 10 nitrogen and oxygen atoms in total. The number of hydrogen-bond acceptors (Lipinski definition) is 7. The van der Waals surface area contributed by atoms with E-state index in [2.05, 4.69) is 20.4 Å². The molecule has 1 amide bonds. The highest BCUT2D eigenvalue weighted by Gasteiger charge is 2.29. The number of anilines is 1. The first-order chi connectivity index (χ1) is 15.5. The highest BCUT2D eigenvalue weighted by Crippen LogP contribution is 2.31. The Bertz CT molecular complexity index is 1360. The molecule has 0 radical (unpaired) electrons. The van der Waals surface area contributed by atoms with Gasteiger partial charge >= 0.3 is 0 Å². The molecule has 1 aliphatic rings. The molecule has 3 aromatic heterocycles. The number of aromatic nitrogens is 4. The van der Waals surface area contributed by atoms with Crippen molar-refractivity contribution in [2.24, 2.45) is 0 Å². The van der Waals surface area contributed by atoms with Crippen LogP contribution in [0.2, 0.25) is 0 Å². The lowest BCUT2D eigenvalue weighted by atomic mass is 10.2. The third-order valence-electron chi connectivity index (χ3n) is 5.12. The van der Waals surface area contributed by atoms with E-state index in [0.717, 1.165) is 0 Å². The van der Waals surface area contributed by atoms with E-state index in [1.807, 2.05) is 6.07 Å². The van der Waals surface area contributed by atoms with Crippen LogP contribution in [0.4, 0.5) is 5.82 Å². The lowest BCUT2D eigenvalue weighted by Gasteiger charge is -2.25. The molecule has 1 unspecified atom stereocenters. The molecule has 0 bridgehead atoms. The summed E-state index contributed by atoms with van der Waals surface area (Å²) in [4.78, 5) is 32.4. The molecule has 5 rings (SSSR count). The van der Waals surface area contributed by atoms with Gasteiger partial charge in [0.15, 0.2) is 17.3 Å². The van der Waals surface area contributed by atoms with E-state index in [9.17, 15) is 9.59 Å². The van der Waals surface area contributed by atoms with E-state index in [4.69, 9.17) is 13.9 Å². The number of aromatic amines is 1. The van der Waals surface area contributed by atoms with Gasteiger partial charge in [0.2, 0.25) is 12.1 Å². The third kappa shape index (κ3) is 3.51. The molecule has 1 aliphatic heterocycles. The van der Waals surface area contributed by atoms with Gasteiger partial charge in [-0.15, -0.1) is 0 Å². The predicted molar refractivity (Wildman–Crippen MR) is 114 cm³/mol. The van der Waals surface area contributed by atoms with Gasteiger partial charge in [-0.1, -0.05) is 12.1 Å². The van der Waals surface area contributed by atoms with Gasteiger partial charge in [-0.05, 0) is 38.1 Å². The highest BCUT2D eigenvalue weighted by atomic mass is 16.6. The molecule has 0 fully saturated rings. The van der Waals surface area contributed by atoms with Gasteiger partial charge in [-0.3, -0.25) is 14.6 Å². The number of amides is 1. The minimum Gasteiger partial charge on any atom is -0.485 e. The Kier molecular flexibility index (Phi) is 4.74. The van der Waals surface area contributed by atoms with Crippen molar-refractivity contribution < 1.29 is 18.7 Å². The SMILES string of the molecule is Cc1nc(-n2nc(-c3ccco3)cc2NC(=O)C2COc3ccccc3O2)[nH]c(=O)c1C. The topological polar surface area (TPSA) is 124 Å². The molecule has 0 saturated heterocycles. The van der Waals surface area contributed by atoms with Crippen molar-refractivity contribution in [3.05, 3.63) is 70.3 Å². The first-order valence-electron chi connectivity index (χ1n) is 9.91. The van der Waals surface area contributed by atoms with E-state index < -0.39 is 12.0 Å². The second kappa shape index (κ2) is 7.73. The van der Waals surface area contributed by atoms with Crippen molar-refractivity contribution in [1.82, 2.24) is 19.7 Å². The van der Waals surface area contributed by atoms with Gasteiger partial charge in [-0.25, -0.2) is 4.98 Å². The van der Waals surface area contributed by atoms with Gasteiger partial charge in [0.25, 0.3) is 11.5 Å². The third-order valence-corrected chi connectivity index (χ3v) is 5.12. The van der Waals surface area contributed by atoms with E-state index >= 15 is 0 Å². The number of carbonyl (C=O) groups is 1. The average Bonchev–Trinajstić information content (AvgIpc) is 3.47. The lowest BCUT2D eigenvalue weighted by molar-refractivity contribution is -0.125. The van der Waals surface area contributed by atoms with Crippen molar-refractivity contribution in [3.63, 3.8) is 0 Å². The summed E-state index contributed by atoms with van der Waals surface area (Å²) in [6.07, 6.45) is 0.653. The van der Waals surface area contributed by atoms with Crippen LogP contribution >= 0.6 is 0 Å². The number of nitrogens with one attached hydrogen (secondary N) is 2. The number of fused-ring (bicyclic) bond motifs is 1. The molecular weight excluding hydrogens is 414 g/mol. The van der Waals surface area contributed by atoms with E-state index in [1.165, 1.54) is 10.9 Å². The minimum atomic E-state index is -0.868. The lowest BCUT2D eigenvalue weighted by Crippen LogP contribution is -2.40. The second-order valence-corrected chi connectivity index (χ2v) is 7.26. The second-order valence-electron chi connectivity index (χ2n) is 7.26. The van der Waals surface area contributed by atoms with Crippen LogP contribution < -0.4 is 20.3 Å². The number of hydrogen-bond donors (Lipinski definition) is 2. The van der Waals surface area contributed by atoms with Crippen LogP contribution in [0, 0.1) is 13.8 Å². The van der Waals surface area contributed by atoms with Gasteiger partial charge in [0.1, 0.15) is 18.1 Å². The number of para-hydroxylation sites is 2. The molecule has 32 heavy (non-hydrogen) atoms. The summed E-state index contributed by atoms with van der Waals surface area (Å²) in [7, 11) is 0. The number of aryl methyl sites for hydroxylation is 1. The maximum Gasteiger partial charge on any atom is 0.270 e. The Labute approximate surface area is 181 Å². The molecule has 2 N–H and O–H groups in total. The van der Waals surface area contributed by atoms with Crippen LogP contribution in [0.1, 0.15) is 11.3 Å². The number of ether oxygens (including phenoxy) is 2. The Balaban J connectivity index is 1.49. The number of carbonyl (C=O) groups excluding carboxylic acids is 1. The Hall–Kier alpha value is -4.34.